The molecule has 0 radical (unpaired) electrons. The molecule has 0 aliphatic heterocycles. The molecular formula is C16H18N2O6. The van der Waals surface area contributed by atoms with Crippen molar-refractivity contribution in [1.82, 2.24) is 0 Å². The second-order valence-electron chi connectivity index (χ2n) is 7.13. The summed E-state index contributed by atoms with van der Waals surface area (Å²) in [6.07, 6.45) is 2.52. The van der Waals surface area contributed by atoms with Crippen molar-refractivity contribution in [3.05, 3.63) is 44.0 Å². The number of rotatable bonds is 4. The minimum Gasteiger partial charge on any atom is -0.458 e. The predicted molar refractivity (Wildman–Crippen MR) is 83.6 cm³/mol. The molecule has 0 amide bonds. The van der Waals surface area contributed by atoms with Gasteiger partial charge in [0.15, 0.2) is 0 Å². The van der Waals surface area contributed by atoms with Crippen LogP contribution in [0, 0.1) is 37.5 Å². The third-order valence-corrected chi connectivity index (χ3v) is 5.61. The lowest BCUT2D eigenvalue weighted by atomic mass is 9.48. The number of carbonyl (C=O) groups is 1. The molecule has 0 heterocycles. The number of nitro groups is 2. The minimum absolute atomic E-state index is 0.123. The number of hydrogen-bond donors (Lipinski definition) is 0. The Hall–Kier alpha value is -2.51. The molecule has 3 fully saturated rings. The van der Waals surface area contributed by atoms with Crippen molar-refractivity contribution in [3.63, 3.8) is 0 Å². The van der Waals surface area contributed by atoms with Crippen LogP contribution in [-0.2, 0) is 4.74 Å². The quantitative estimate of drug-likeness (QED) is 0.473. The number of non-ortho nitro benzene ring substituents is 2. The lowest BCUT2D eigenvalue weighted by molar-refractivity contribution is -0.394. The van der Waals surface area contributed by atoms with Gasteiger partial charge in [0.2, 0.25) is 0 Å². The Bertz CT molecular complexity index is 695. The van der Waals surface area contributed by atoms with E-state index in [1.54, 1.807) is 0 Å². The molecule has 4 rings (SSSR count). The molecule has 8 nitrogen and oxygen atoms in total. The number of hydrogen-bond acceptors (Lipinski definition) is 6. The third-order valence-electron chi connectivity index (χ3n) is 5.61. The summed E-state index contributed by atoms with van der Waals surface area (Å²) in [7, 11) is 0. The molecule has 3 saturated carbocycles. The maximum atomic E-state index is 12.4. The van der Waals surface area contributed by atoms with Gasteiger partial charge in [-0.15, -0.1) is 0 Å². The minimum atomic E-state index is -0.760. The Morgan fingerprint density at radius 2 is 1.71 bits per heavy atom. The Labute approximate surface area is 138 Å². The molecule has 3 atom stereocenters. The van der Waals surface area contributed by atoms with Gasteiger partial charge in [0.25, 0.3) is 11.4 Å². The van der Waals surface area contributed by atoms with Crippen molar-refractivity contribution >= 4 is 17.3 Å². The van der Waals surface area contributed by atoms with Crippen molar-refractivity contribution in [1.29, 1.82) is 0 Å². The first-order valence-corrected chi connectivity index (χ1v) is 7.85. The highest BCUT2D eigenvalue weighted by Gasteiger charge is 2.55. The largest absolute Gasteiger partial charge is 0.458 e. The maximum absolute atomic E-state index is 12.4. The number of nitro benzene ring substituents is 2. The average molecular weight is 334 g/mol. The SMILES string of the molecule is CC1(C)[C@H]2CC[C@H](OC(=O)c3cc([N+](=O)[O-])cc([N+](=O)[O-])c3)[C@@H]1C2. The van der Waals surface area contributed by atoms with Gasteiger partial charge in [-0.05, 0) is 30.6 Å². The van der Waals surface area contributed by atoms with Crippen LogP contribution in [0.25, 0.3) is 0 Å². The Kier molecular flexibility index (Phi) is 3.77. The summed E-state index contributed by atoms with van der Waals surface area (Å²) in [5, 5.41) is 21.8. The van der Waals surface area contributed by atoms with E-state index in [4.69, 9.17) is 4.74 Å². The number of nitrogens with zero attached hydrogens (tertiary/aromatic N) is 2. The number of esters is 1. The molecule has 3 aliphatic carbocycles. The smallest absolute Gasteiger partial charge is 0.338 e. The van der Waals surface area contributed by atoms with E-state index in [0.717, 1.165) is 37.5 Å². The average Bonchev–Trinajstić information content (AvgIpc) is 2.54. The van der Waals surface area contributed by atoms with Crippen molar-refractivity contribution in [3.8, 4) is 0 Å². The van der Waals surface area contributed by atoms with Crippen LogP contribution in [0.5, 0.6) is 0 Å². The molecule has 3 aliphatic rings. The van der Waals surface area contributed by atoms with E-state index in [0.29, 0.717) is 5.92 Å². The summed E-state index contributed by atoms with van der Waals surface area (Å²) >= 11 is 0. The second kappa shape index (κ2) is 5.54. The first-order chi connectivity index (χ1) is 11.2. The van der Waals surface area contributed by atoms with Crippen LogP contribution in [0.3, 0.4) is 0 Å². The lowest BCUT2D eigenvalue weighted by Gasteiger charge is -2.59. The monoisotopic (exact) mass is 334 g/mol. The van der Waals surface area contributed by atoms with Gasteiger partial charge in [-0.25, -0.2) is 4.79 Å². The van der Waals surface area contributed by atoms with Crippen molar-refractivity contribution in [2.24, 2.45) is 17.3 Å². The molecule has 24 heavy (non-hydrogen) atoms. The van der Waals surface area contributed by atoms with E-state index < -0.39 is 27.2 Å². The molecule has 0 spiro atoms. The van der Waals surface area contributed by atoms with Crippen LogP contribution in [-0.4, -0.2) is 21.9 Å². The van der Waals surface area contributed by atoms with Gasteiger partial charge in [0.05, 0.1) is 21.5 Å². The van der Waals surface area contributed by atoms with E-state index in [1.165, 1.54) is 0 Å². The highest BCUT2D eigenvalue weighted by Crippen LogP contribution is 2.59. The van der Waals surface area contributed by atoms with Gasteiger partial charge < -0.3 is 4.74 Å². The normalized spacial score (nSPS) is 27.0. The summed E-state index contributed by atoms with van der Waals surface area (Å²) in [5.74, 6) is 0.179. The maximum Gasteiger partial charge on any atom is 0.338 e. The lowest BCUT2D eigenvalue weighted by Crippen LogP contribution is -2.55. The summed E-state index contributed by atoms with van der Waals surface area (Å²) < 4.78 is 5.55. The van der Waals surface area contributed by atoms with Gasteiger partial charge >= 0.3 is 5.97 Å². The Morgan fingerprint density at radius 3 is 2.17 bits per heavy atom. The summed E-state index contributed by atoms with van der Waals surface area (Å²) in [4.78, 5) is 32.7. The van der Waals surface area contributed by atoms with Gasteiger partial charge in [-0.2, -0.15) is 0 Å². The topological polar surface area (TPSA) is 113 Å². The van der Waals surface area contributed by atoms with E-state index >= 15 is 0 Å². The first-order valence-electron chi connectivity index (χ1n) is 7.85. The standard InChI is InChI=1S/C16H18N2O6/c1-16(2)10-3-4-14(13(16)7-10)24-15(19)9-5-11(17(20)21)8-12(6-9)18(22)23/h5-6,8,10,13-14H,3-4,7H2,1-2H3/t10-,13-,14-/m0/s1. The third kappa shape index (κ3) is 2.61. The molecule has 0 aromatic heterocycles. The fraction of sp³-hybridized carbons (Fsp3) is 0.562. The summed E-state index contributed by atoms with van der Waals surface area (Å²) in [5.41, 5.74) is -1.03. The summed E-state index contributed by atoms with van der Waals surface area (Å²) in [6.45, 7) is 4.31. The number of fused-ring (bicyclic) bond motifs is 2. The Morgan fingerprint density at radius 1 is 1.12 bits per heavy atom. The zero-order chi connectivity index (χ0) is 17.6. The zero-order valence-corrected chi connectivity index (χ0v) is 13.4. The van der Waals surface area contributed by atoms with Crippen LogP contribution in [0.2, 0.25) is 0 Å². The fourth-order valence-electron chi connectivity index (χ4n) is 4.01. The van der Waals surface area contributed by atoms with Crippen LogP contribution >= 0.6 is 0 Å². The van der Waals surface area contributed by atoms with Crippen molar-refractivity contribution in [2.45, 2.75) is 39.2 Å². The molecule has 0 N–H and O–H groups in total. The fourth-order valence-corrected chi connectivity index (χ4v) is 4.01. The van der Waals surface area contributed by atoms with Crippen molar-refractivity contribution < 1.29 is 19.4 Å². The highest BCUT2D eigenvalue weighted by molar-refractivity contribution is 5.91. The summed E-state index contributed by atoms with van der Waals surface area (Å²) in [6, 6.07) is 2.87. The predicted octanol–water partition coefficient (Wildman–Crippen LogP) is 3.48. The highest BCUT2D eigenvalue weighted by atomic mass is 16.6. The molecule has 0 saturated heterocycles. The van der Waals surface area contributed by atoms with E-state index in [2.05, 4.69) is 13.8 Å². The number of carbonyl (C=O) groups excluding carboxylic acids is 1. The van der Waals surface area contributed by atoms with E-state index in [-0.39, 0.29) is 23.0 Å². The zero-order valence-electron chi connectivity index (χ0n) is 13.4. The van der Waals surface area contributed by atoms with Gasteiger partial charge in [-0.3, -0.25) is 20.2 Å². The first kappa shape index (κ1) is 16.4. The molecule has 0 unspecified atom stereocenters. The van der Waals surface area contributed by atoms with E-state index in [1.807, 2.05) is 0 Å². The molecule has 128 valence electrons. The van der Waals surface area contributed by atoms with Crippen LogP contribution in [0.15, 0.2) is 18.2 Å². The van der Waals surface area contributed by atoms with Gasteiger partial charge in [0, 0.05) is 18.1 Å². The number of benzene rings is 1. The molecule has 1 aromatic rings. The van der Waals surface area contributed by atoms with E-state index in [9.17, 15) is 25.0 Å². The molecular weight excluding hydrogens is 316 g/mol. The van der Waals surface area contributed by atoms with Gasteiger partial charge in [-0.1, -0.05) is 13.8 Å². The molecule has 1 aromatic carbocycles. The van der Waals surface area contributed by atoms with Crippen molar-refractivity contribution in [2.75, 3.05) is 0 Å². The Balaban J connectivity index is 1.82. The van der Waals surface area contributed by atoms with Crippen LogP contribution in [0.4, 0.5) is 11.4 Å². The second-order valence-corrected chi connectivity index (χ2v) is 7.13. The molecule has 2 bridgehead atoms. The van der Waals surface area contributed by atoms with Crippen LogP contribution < -0.4 is 0 Å². The van der Waals surface area contributed by atoms with Gasteiger partial charge in [0.1, 0.15) is 6.10 Å². The molecule has 8 heteroatoms. The van der Waals surface area contributed by atoms with Crippen LogP contribution in [0.1, 0.15) is 43.5 Å². The number of ether oxygens (including phenoxy) is 1.